The van der Waals surface area contributed by atoms with Crippen LogP contribution in [0.3, 0.4) is 0 Å². The van der Waals surface area contributed by atoms with Gasteiger partial charge in [0.05, 0.1) is 0 Å². The quantitative estimate of drug-likeness (QED) is 0.752. The van der Waals surface area contributed by atoms with Crippen molar-refractivity contribution in [1.29, 1.82) is 0 Å². The number of carbonyl (C=O) groups excluding carboxylic acids is 1. The van der Waals surface area contributed by atoms with Crippen LogP contribution in [0.5, 0.6) is 0 Å². The third-order valence-electron chi connectivity index (χ3n) is 2.70. The summed E-state index contributed by atoms with van der Waals surface area (Å²) < 4.78 is 0. The molecule has 1 atom stereocenters. The molecular weight excluding hydrogens is 234 g/mol. The first kappa shape index (κ1) is 14.0. The third kappa shape index (κ3) is 4.04. The van der Waals surface area contributed by atoms with Gasteiger partial charge in [-0.3, -0.25) is 4.79 Å². The second-order valence-corrected chi connectivity index (χ2v) is 5.49. The lowest BCUT2D eigenvalue weighted by Gasteiger charge is -2.18. The number of hydrogen-bond donors (Lipinski definition) is 0. The fraction of sp³-hybridized carbons (Fsp3) is 0.500. The van der Waals surface area contributed by atoms with Crippen molar-refractivity contribution in [2.24, 2.45) is 0 Å². The summed E-state index contributed by atoms with van der Waals surface area (Å²) in [6.07, 6.45) is 0. The molecule has 1 aromatic carbocycles. The van der Waals surface area contributed by atoms with Crippen molar-refractivity contribution < 1.29 is 4.79 Å². The van der Waals surface area contributed by atoms with E-state index in [9.17, 15) is 4.79 Å². The summed E-state index contributed by atoms with van der Waals surface area (Å²) in [5.74, 6) is 0.507. The summed E-state index contributed by atoms with van der Waals surface area (Å²) in [4.78, 5) is 13.7. The fourth-order valence-electron chi connectivity index (χ4n) is 1.69. The van der Waals surface area contributed by atoms with Crippen LogP contribution >= 0.6 is 11.6 Å². The minimum Gasteiger partial charge on any atom is -0.340 e. The van der Waals surface area contributed by atoms with E-state index in [-0.39, 0.29) is 11.3 Å². The maximum atomic E-state index is 12.0. The summed E-state index contributed by atoms with van der Waals surface area (Å²) >= 11 is 5.88. The highest BCUT2D eigenvalue weighted by atomic mass is 35.5. The monoisotopic (exact) mass is 253 g/mol. The molecule has 1 amide bonds. The van der Waals surface area contributed by atoms with Crippen molar-refractivity contribution in [3.05, 3.63) is 35.4 Å². The van der Waals surface area contributed by atoms with Crippen LogP contribution in [0.4, 0.5) is 0 Å². The van der Waals surface area contributed by atoms with E-state index in [1.807, 2.05) is 31.2 Å². The Morgan fingerprint density at radius 1 is 1.24 bits per heavy atom. The summed E-state index contributed by atoms with van der Waals surface area (Å²) in [5.41, 5.74) is 1.96. The lowest BCUT2D eigenvalue weighted by Crippen LogP contribution is -2.31. The van der Waals surface area contributed by atoms with Crippen molar-refractivity contribution in [2.45, 2.75) is 32.1 Å². The third-order valence-corrected chi connectivity index (χ3v) is 2.83. The van der Waals surface area contributed by atoms with Crippen molar-refractivity contribution in [1.82, 2.24) is 4.90 Å². The van der Waals surface area contributed by atoms with E-state index < -0.39 is 0 Å². The molecule has 1 aromatic rings. The number of benzene rings is 1. The summed E-state index contributed by atoms with van der Waals surface area (Å²) in [6.45, 7) is 6.72. The fourth-order valence-corrected chi connectivity index (χ4v) is 1.90. The van der Waals surface area contributed by atoms with Crippen molar-refractivity contribution in [2.75, 3.05) is 13.6 Å². The van der Waals surface area contributed by atoms with Crippen molar-refractivity contribution in [3.8, 4) is 0 Å². The number of amides is 1. The topological polar surface area (TPSA) is 20.3 Å². The summed E-state index contributed by atoms with van der Waals surface area (Å²) in [7, 11) is 1.78. The minimum absolute atomic E-state index is 0.0211. The number of halogens is 1. The van der Waals surface area contributed by atoms with E-state index in [0.29, 0.717) is 18.0 Å². The van der Waals surface area contributed by atoms with Gasteiger partial charge in [-0.1, -0.05) is 26.0 Å². The van der Waals surface area contributed by atoms with Gasteiger partial charge in [-0.15, -0.1) is 11.6 Å². The largest absolute Gasteiger partial charge is 0.340 e. The predicted molar refractivity (Wildman–Crippen MR) is 72.8 cm³/mol. The van der Waals surface area contributed by atoms with Crippen LogP contribution in [0.2, 0.25) is 0 Å². The van der Waals surface area contributed by atoms with Gasteiger partial charge in [0.25, 0.3) is 5.91 Å². The maximum Gasteiger partial charge on any atom is 0.253 e. The predicted octanol–water partition coefficient (Wildman–Crippen LogP) is 3.51. The normalized spacial score (nSPS) is 12.6. The molecule has 94 valence electrons. The molecular formula is C14H20ClNO. The van der Waals surface area contributed by atoms with E-state index in [2.05, 4.69) is 13.8 Å². The van der Waals surface area contributed by atoms with Crippen LogP contribution in [0.25, 0.3) is 0 Å². The number of rotatable bonds is 4. The Bertz CT molecular complexity index is 370. The molecule has 1 rings (SSSR count). The minimum atomic E-state index is -0.0288. The second kappa shape index (κ2) is 6.06. The molecule has 2 nitrogen and oxygen atoms in total. The van der Waals surface area contributed by atoms with Crippen LogP contribution in [0.1, 0.15) is 42.6 Å². The lowest BCUT2D eigenvalue weighted by atomic mass is 10.0. The molecule has 0 spiro atoms. The first-order valence-electron chi connectivity index (χ1n) is 5.91. The number of hydrogen-bond acceptors (Lipinski definition) is 1. The zero-order valence-corrected chi connectivity index (χ0v) is 11.7. The first-order chi connectivity index (χ1) is 7.91. The van der Waals surface area contributed by atoms with Gasteiger partial charge in [0.15, 0.2) is 0 Å². The molecule has 0 bridgehead atoms. The molecule has 0 radical (unpaired) electrons. The Morgan fingerprint density at radius 2 is 1.76 bits per heavy atom. The molecule has 0 aromatic heterocycles. The Morgan fingerprint density at radius 3 is 2.18 bits per heavy atom. The standard InChI is InChI=1S/C14H20ClNO/c1-10(2)12-5-7-13(8-6-12)14(17)16(4)9-11(3)15/h5-8,10-11H,9H2,1-4H3. The van der Waals surface area contributed by atoms with Crippen LogP contribution in [-0.4, -0.2) is 29.8 Å². The highest BCUT2D eigenvalue weighted by Crippen LogP contribution is 2.15. The zero-order chi connectivity index (χ0) is 13.0. The molecule has 3 heteroatoms. The number of carbonyl (C=O) groups is 1. The summed E-state index contributed by atoms with van der Waals surface area (Å²) in [5, 5.41) is -0.0288. The van der Waals surface area contributed by atoms with E-state index in [1.54, 1.807) is 11.9 Å². The molecule has 0 aliphatic carbocycles. The summed E-state index contributed by atoms with van der Waals surface area (Å²) in [6, 6.07) is 7.78. The molecule has 17 heavy (non-hydrogen) atoms. The molecule has 0 saturated heterocycles. The van der Waals surface area contributed by atoms with Crippen molar-refractivity contribution in [3.63, 3.8) is 0 Å². The molecule has 1 unspecified atom stereocenters. The van der Waals surface area contributed by atoms with Crippen LogP contribution < -0.4 is 0 Å². The highest BCUT2D eigenvalue weighted by molar-refractivity contribution is 6.20. The van der Waals surface area contributed by atoms with Crippen molar-refractivity contribution >= 4 is 17.5 Å². The Balaban J connectivity index is 2.76. The van der Waals surface area contributed by atoms with E-state index in [0.717, 1.165) is 0 Å². The Kier molecular flexibility index (Phi) is 5.01. The van der Waals surface area contributed by atoms with Gasteiger partial charge in [0.1, 0.15) is 0 Å². The highest BCUT2D eigenvalue weighted by Gasteiger charge is 2.13. The molecule has 0 N–H and O–H groups in total. The van der Waals surface area contributed by atoms with Gasteiger partial charge in [-0.05, 0) is 30.5 Å². The molecule has 0 heterocycles. The van der Waals surface area contributed by atoms with Gasteiger partial charge < -0.3 is 4.90 Å². The average molecular weight is 254 g/mol. The van der Waals surface area contributed by atoms with Crippen LogP contribution in [0.15, 0.2) is 24.3 Å². The van der Waals surface area contributed by atoms with Gasteiger partial charge >= 0.3 is 0 Å². The van der Waals surface area contributed by atoms with E-state index in [1.165, 1.54) is 5.56 Å². The molecule has 0 saturated carbocycles. The number of nitrogens with zero attached hydrogens (tertiary/aromatic N) is 1. The smallest absolute Gasteiger partial charge is 0.253 e. The Labute approximate surface area is 109 Å². The molecule has 0 fully saturated rings. The van der Waals surface area contributed by atoms with E-state index in [4.69, 9.17) is 11.6 Å². The van der Waals surface area contributed by atoms with Gasteiger partial charge in [0.2, 0.25) is 0 Å². The molecule has 0 aliphatic heterocycles. The average Bonchev–Trinajstić information content (AvgIpc) is 2.27. The Hall–Kier alpha value is -1.02. The van der Waals surface area contributed by atoms with Gasteiger partial charge in [-0.2, -0.15) is 0 Å². The van der Waals surface area contributed by atoms with Crippen LogP contribution in [0, 0.1) is 0 Å². The first-order valence-corrected chi connectivity index (χ1v) is 6.35. The van der Waals surface area contributed by atoms with Gasteiger partial charge in [0, 0.05) is 24.5 Å². The lowest BCUT2D eigenvalue weighted by molar-refractivity contribution is 0.0796. The second-order valence-electron chi connectivity index (χ2n) is 4.74. The SMILES string of the molecule is CC(Cl)CN(C)C(=O)c1ccc(C(C)C)cc1. The maximum absolute atomic E-state index is 12.0. The van der Waals surface area contributed by atoms with Crippen LogP contribution in [-0.2, 0) is 0 Å². The molecule has 0 aliphatic rings. The zero-order valence-electron chi connectivity index (χ0n) is 10.9. The van der Waals surface area contributed by atoms with E-state index >= 15 is 0 Å². The number of alkyl halides is 1. The van der Waals surface area contributed by atoms with Gasteiger partial charge in [-0.25, -0.2) is 0 Å².